The van der Waals surface area contributed by atoms with Crippen LogP contribution in [0.25, 0.3) is 0 Å². The Morgan fingerprint density at radius 1 is 0.970 bits per heavy atom. The molecule has 0 saturated carbocycles. The number of anilines is 1. The third kappa shape index (κ3) is 3.90. The van der Waals surface area contributed by atoms with Crippen LogP contribution >= 0.6 is 0 Å². The number of piperazine rings is 1. The van der Waals surface area contributed by atoms with E-state index < -0.39 is 0 Å². The molecule has 2 aliphatic rings. The molecule has 8 nitrogen and oxygen atoms in total. The van der Waals surface area contributed by atoms with Gasteiger partial charge in [-0.15, -0.1) is 0 Å². The Hall–Kier alpha value is -3.55. The van der Waals surface area contributed by atoms with Crippen LogP contribution in [0.1, 0.15) is 44.8 Å². The molecule has 2 aromatic heterocycles. The summed E-state index contributed by atoms with van der Waals surface area (Å²) >= 11 is 0. The number of amides is 2. The lowest BCUT2D eigenvalue weighted by Crippen LogP contribution is -2.49. The highest BCUT2D eigenvalue weighted by Gasteiger charge is 2.33. The minimum Gasteiger partial charge on any atom is -0.459 e. The molecule has 0 N–H and O–H groups in total. The standard InChI is InChI=1S/C25H29N5O3/c1-3-30-21-9-11-29(25(32)23-18(2)10-16-33-23)17-20(21)22(26-30)24(31)28-14-12-27(13-15-28)19-7-5-4-6-8-19/h4-8,10,16H,3,9,11-15,17H2,1-2H3. The second kappa shape index (κ2) is 8.77. The summed E-state index contributed by atoms with van der Waals surface area (Å²) in [4.78, 5) is 32.5. The predicted octanol–water partition coefficient (Wildman–Crippen LogP) is 2.97. The summed E-state index contributed by atoms with van der Waals surface area (Å²) < 4.78 is 7.34. The van der Waals surface area contributed by atoms with Gasteiger partial charge in [-0.25, -0.2) is 0 Å². The van der Waals surface area contributed by atoms with Crippen molar-refractivity contribution in [2.24, 2.45) is 0 Å². The van der Waals surface area contributed by atoms with Crippen LogP contribution in [0.2, 0.25) is 0 Å². The van der Waals surface area contributed by atoms with Gasteiger partial charge in [0, 0.05) is 68.2 Å². The Morgan fingerprint density at radius 2 is 1.73 bits per heavy atom. The Bertz CT molecular complexity index is 1160. The van der Waals surface area contributed by atoms with E-state index in [0.717, 1.165) is 29.9 Å². The molecular weight excluding hydrogens is 418 g/mol. The second-order valence-electron chi connectivity index (χ2n) is 8.61. The van der Waals surface area contributed by atoms with Crippen LogP contribution in [-0.2, 0) is 19.5 Å². The van der Waals surface area contributed by atoms with Crippen LogP contribution in [0.5, 0.6) is 0 Å². The highest BCUT2D eigenvalue weighted by molar-refractivity contribution is 5.96. The first-order valence-corrected chi connectivity index (χ1v) is 11.6. The van der Waals surface area contributed by atoms with Crippen molar-refractivity contribution in [1.29, 1.82) is 0 Å². The number of rotatable bonds is 4. The number of hydrogen-bond acceptors (Lipinski definition) is 5. The molecule has 0 unspecified atom stereocenters. The molecule has 1 saturated heterocycles. The van der Waals surface area contributed by atoms with E-state index in [2.05, 4.69) is 22.1 Å². The molecule has 1 fully saturated rings. The summed E-state index contributed by atoms with van der Waals surface area (Å²) in [6.07, 6.45) is 2.22. The largest absolute Gasteiger partial charge is 0.459 e. The Labute approximate surface area is 193 Å². The SMILES string of the molecule is CCn1nc(C(=O)N2CCN(c3ccccc3)CC2)c2c1CCN(C(=O)c1occc1C)C2. The molecule has 5 rings (SSSR count). The number of para-hydroxylation sites is 1. The highest BCUT2D eigenvalue weighted by Crippen LogP contribution is 2.26. The van der Waals surface area contributed by atoms with Crippen molar-refractivity contribution in [2.75, 3.05) is 37.6 Å². The van der Waals surface area contributed by atoms with E-state index in [1.807, 2.05) is 41.6 Å². The molecule has 3 aromatic rings. The van der Waals surface area contributed by atoms with E-state index >= 15 is 0 Å². The lowest BCUT2D eigenvalue weighted by Gasteiger charge is -2.36. The van der Waals surface area contributed by atoms with Gasteiger partial charge in [-0.05, 0) is 32.0 Å². The van der Waals surface area contributed by atoms with Crippen LogP contribution < -0.4 is 4.90 Å². The minimum absolute atomic E-state index is 0.0466. The minimum atomic E-state index is -0.137. The average Bonchev–Trinajstić information content (AvgIpc) is 3.46. The third-order valence-electron chi connectivity index (χ3n) is 6.67. The van der Waals surface area contributed by atoms with Crippen molar-refractivity contribution in [2.45, 2.75) is 33.4 Å². The molecule has 0 bridgehead atoms. The van der Waals surface area contributed by atoms with Gasteiger partial charge in [0.25, 0.3) is 11.8 Å². The van der Waals surface area contributed by atoms with Crippen LogP contribution in [-0.4, -0.2) is 64.1 Å². The zero-order valence-electron chi connectivity index (χ0n) is 19.2. The number of fused-ring (bicyclic) bond motifs is 1. The molecule has 0 aliphatic carbocycles. The Kier molecular flexibility index (Phi) is 5.66. The normalized spacial score (nSPS) is 16.1. The van der Waals surface area contributed by atoms with Gasteiger partial charge < -0.3 is 19.1 Å². The fourth-order valence-electron chi connectivity index (χ4n) is 4.79. The number of aryl methyl sites for hydroxylation is 2. The van der Waals surface area contributed by atoms with Crippen LogP contribution in [0, 0.1) is 6.92 Å². The van der Waals surface area contributed by atoms with Crippen molar-refractivity contribution >= 4 is 17.5 Å². The van der Waals surface area contributed by atoms with Gasteiger partial charge >= 0.3 is 0 Å². The monoisotopic (exact) mass is 447 g/mol. The van der Waals surface area contributed by atoms with E-state index in [1.165, 1.54) is 12.0 Å². The molecular formula is C25H29N5O3. The number of nitrogens with zero attached hydrogens (tertiary/aromatic N) is 5. The van der Waals surface area contributed by atoms with E-state index in [4.69, 9.17) is 4.42 Å². The molecule has 4 heterocycles. The highest BCUT2D eigenvalue weighted by atomic mass is 16.3. The zero-order valence-corrected chi connectivity index (χ0v) is 19.2. The summed E-state index contributed by atoms with van der Waals surface area (Å²) in [5.74, 6) is 0.183. The average molecular weight is 448 g/mol. The summed E-state index contributed by atoms with van der Waals surface area (Å²) in [5, 5.41) is 4.69. The van der Waals surface area contributed by atoms with Gasteiger partial charge in [-0.1, -0.05) is 18.2 Å². The predicted molar refractivity (Wildman–Crippen MR) is 124 cm³/mol. The smallest absolute Gasteiger partial charge is 0.290 e. The lowest BCUT2D eigenvalue weighted by molar-refractivity contribution is 0.0686. The quantitative estimate of drug-likeness (QED) is 0.615. The van der Waals surface area contributed by atoms with Crippen molar-refractivity contribution in [1.82, 2.24) is 19.6 Å². The molecule has 2 aliphatic heterocycles. The first-order chi connectivity index (χ1) is 16.1. The maximum Gasteiger partial charge on any atom is 0.290 e. The molecule has 33 heavy (non-hydrogen) atoms. The maximum atomic E-state index is 13.5. The summed E-state index contributed by atoms with van der Waals surface area (Å²) in [5.41, 5.74) is 4.41. The summed E-state index contributed by atoms with van der Waals surface area (Å²) in [6.45, 7) is 8.42. The van der Waals surface area contributed by atoms with Crippen LogP contribution in [0.15, 0.2) is 47.1 Å². The molecule has 172 valence electrons. The number of carbonyl (C=O) groups is 2. The topological polar surface area (TPSA) is 74.8 Å². The number of carbonyl (C=O) groups excluding carboxylic acids is 2. The van der Waals surface area contributed by atoms with Crippen molar-refractivity contribution in [3.05, 3.63) is 70.9 Å². The lowest BCUT2D eigenvalue weighted by atomic mass is 10.0. The fourth-order valence-corrected chi connectivity index (χ4v) is 4.79. The molecule has 1 aromatic carbocycles. The number of benzene rings is 1. The molecule has 2 amide bonds. The number of furan rings is 1. The first kappa shape index (κ1) is 21.3. The summed E-state index contributed by atoms with van der Waals surface area (Å²) in [6, 6.07) is 12.1. The molecule has 0 atom stereocenters. The second-order valence-corrected chi connectivity index (χ2v) is 8.61. The van der Waals surface area contributed by atoms with Gasteiger partial charge in [-0.2, -0.15) is 5.10 Å². The Morgan fingerprint density at radius 3 is 2.39 bits per heavy atom. The molecule has 8 heteroatoms. The van der Waals surface area contributed by atoms with Gasteiger partial charge in [0.2, 0.25) is 0 Å². The van der Waals surface area contributed by atoms with Gasteiger partial charge in [0.1, 0.15) is 0 Å². The fraction of sp³-hybridized carbons (Fsp3) is 0.400. The van der Waals surface area contributed by atoms with Crippen molar-refractivity contribution < 1.29 is 14.0 Å². The van der Waals surface area contributed by atoms with Crippen molar-refractivity contribution in [3.8, 4) is 0 Å². The van der Waals surface area contributed by atoms with Crippen LogP contribution in [0.4, 0.5) is 5.69 Å². The Balaban J connectivity index is 1.34. The van der Waals surface area contributed by atoms with Gasteiger partial charge in [0.15, 0.2) is 11.5 Å². The van der Waals surface area contributed by atoms with E-state index in [0.29, 0.717) is 50.6 Å². The first-order valence-electron chi connectivity index (χ1n) is 11.6. The molecule has 0 spiro atoms. The van der Waals surface area contributed by atoms with Gasteiger partial charge in [0.05, 0.1) is 12.8 Å². The van der Waals surface area contributed by atoms with Crippen molar-refractivity contribution in [3.63, 3.8) is 0 Å². The third-order valence-corrected chi connectivity index (χ3v) is 6.67. The molecule has 0 radical (unpaired) electrons. The van der Waals surface area contributed by atoms with Crippen LogP contribution in [0.3, 0.4) is 0 Å². The van der Waals surface area contributed by atoms with E-state index in [1.54, 1.807) is 11.0 Å². The zero-order chi connectivity index (χ0) is 22.9. The maximum absolute atomic E-state index is 13.5. The van der Waals surface area contributed by atoms with E-state index in [9.17, 15) is 9.59 Å². The number of hydrogen-bond donors (Lipinski definition) is 0. The van der Waals surface area contributed by atoms with E-state index in [-0.39, 0.29) is 11.8 Å². The summed E-state index contributed by atoms with van der Waals surface area (Å²) in [7, 11) is 0. The van der Waals surface area contributed by atoms with Gasteiger partial charge in [-0.3, -0.25) is 14.3 Å². The number of aromatic nitrogens is 2.